The summed E-state index contributed by atoms with van der Waals surface area (Å²) in [7, 11) is 2.03. The van der Waals surface area contributed by atoms with Crippen molar-refractivity contribution in [2.24, 2.45) is 5.92 Å². The Morgan fingerprint density at radius 1 is 1.33 bits per heavy atom. The average molecular weight is 225 g/mol. The zero-order valence-electron chi connectivity index (χ0n) is 10.4. The largest absolute Gasteiger partial charge is 0.320 e. The molecule has 1 heterocycles. The molecule has 0 saturated heterocycles. The maximum absolute atomic E-state index is 3.21. The molecule has 1 nitrogen and oxygen atoms in total. The Balaban J connectivity index is 2.33. The Labute approximate surface area is 97.9 Å². The van der Waals surface area contributed by atoms with E-state index in [9.17, 15) is 0 Å². The van der Waals surface area contributed by atoms with E-state index in [1.165, 1.54) is 29.7 Å². The first-order chi connectivity index (χ1) is 7.13. The molecule has 86 valence electrons. The van der Waals surface area contributed by atoms with Gasteiger partial charge in [0.2, 0.25) is 0 Å². The van der Waals surface area contributed by atoms with E-state index in [0.29, 0.717) is 0 Å². The van der Waals surface area contributed by atoms with Gasteiger partial charge in [0.25, 0.3) is 0 Å². The van der Waals surface area contributed by atoms with E-state index in [1.807, 2.05) is 18.4 Å². The standard InChI is InChI=1S/C13H23NS/c1-10(7-8-14-4)5-6-13-11(2)9-12(3)15-13/h9-10,14H,5-8H2,1-4H3. The van der Waals surface area contributed by atoms with Crippen molar-refractivity contribution in [3.05, 3.63) is 21.4 Å². The van der Waals surface area contributed by atoms with E-state index in [4.69, 9.17) is 0 Å². The minimum atomic E-state index is 0.833. The third kappa shape index (κ3) is 4.35. The van der Waals surface area contributed by atoms with Crippen molar-refractivity contribution in [1.82, 2.24) is 5.32 Å². The van der Waals surface area contributed by atoms with Gasteiger partial charge in [-0.1, -0.05) is 6.92 Å². The summed E-state index contributed by atoms with van der Waals surface area (Å²) < 4.78 is 0. The summed E-state index contributed by atoms with van der Waals surface area (Å²) in [5.41, 5.74) is 1.48. The third-order valence-corrected chi connectivity index (χ3v) is 4.11. The fourth-order valence-electron chi connectivity index (χ4n) is 1.85. The summed E-state index contributed by atoms with van der Waals surface area (Å²) in [6.45, 7) is 7.93. The first-order valence-corrected chi connectivity index (χ1v) is 6.65. The molecule has 0 aliphatic rings. The Hall–Kier alpha value is -0.340. The van der Waals surface area contributed by atoms with Gasteiger partial charge < -0.3 is 5.32 Å². The van der Waals surface area contributed by atoms with Gasteiger partial charge in [0.05, 0.1) is 0 Å². The van der Waals surface area contributed by atoms with Crippen LogP contribution in [-0.2, 0) is 6.42 Å². The average Bonchev–Trinajstić information content (AvgIpc) is 2.51. The van der Waals surface area contributed by atoms with Gasteiger partial charge in [0, 0.05) is 9.75 Å². The lowest BCUT2D eigenvalue weighted by Crippen LogP contribution is -2.11. The van der Waals surface area contributed by atoms with E-state index in [2.05, 4.69) is 32.2 Å². The number of hydrogen-bond donors (Lipinski definition) is 1. The minimum absolute atomic E-state index is 0.833. The highest BCUT2D eigenvalue weighted by molar-refractivity contribution is 7.12. The third-order valence-electron chi connectivity index (χ3n) is 2.90. The molecule has 0 amide bonds. The zero-order valence-corrected chi connectivity index (χ0v) is 11.2. The van der Waals surface area contributed by atoms with Crippen LogP contribution >= 0.6 is 11.3 Å². The van der Waals surface area contributed by atoms with E-state index in [1.54, 1.807) is 4.88 Å². The minimum Gasteiger partial charge on any atom is -0.320 e. The molecule has 1 rings (SSSR count). The Bertz CT molecular complexity index is 291. The molecule has 1 aromatic rings. The Morgan fingerprint density at radius 3 is 2.60 bits per heavy atom. The second-order valence-electron chi connectivity index (χ2n) is 4.50. The lowest BCUT2D eigenvalue weighted by molar-refractivity contribution is 0.483. The van der Waals surface area contributed by atoms with Gasteiger partial charge >= 0.3 is 0 Å². The van der Waals surface area contributed by atoms with Gasteiger partial charge in [0.15, 0.2) is 0 Å². The molecule has 2 heteroatoms. The number of aryl methyl sites for hydroxylation is 3. The van der Waals surface area contributed by atoms with Crippen LogP contribution in [0.5, 0.6) is 0 Å². The van der Waals surface area contributed by atoms with Gasteiger partial charge in [-0.2, -0.15) is 0 Å². The number of thiophene rings is 1. The summed E-state index contributed by atoms with van der Waals surface area (Å²) in [5.74, 6) is 0.833. The smallest absolute Gasteiger partial charge is 0.00773 e. The zero-order chi connectivity index (χ0) is 11.3. The van der Waals surface area contributed by atoms with Crippen LogP contribution in [0.2, 0.25) is 0 Å². The summed E-state index contributed by atoms with van der Waals surface area (Å²) in [4.78, 5) is 3.04. The van der Waals surface area contributed by atoms with Gasteiger partial charge in [-0.15, -0.1) is 11.3 Å². The predicted octanol–water partition coefficient (Wildman–Crippen LogP) is 3.54. The molecule has 0 aliphatic heterocycles. The van der Waals surface area contributed by atoms with Crippen LogP contribution < -0.4 is 5.32 Å². The van der Waals surface area contributed by atoms with Gasteiger partial charge in [-0.3, -0.25) is 0 Å². The molecule has 1 unspecified atom stereocenters. The van der Waals surface area contributed by atoms with Crippen LogP contribution in [0, 0.1) is 19.8 Å². The molecular weight excluding hydrogens is 202 g/mol. The molecule has 1 aromatic heterocycles. The van der Waals surface area contributed by atoms with Gasteiger partial charge in [0.1, 0.15) is 0 Å². The van der Waals surface area contributed by atoms with Crippen molar-refractivity contribution in [2.45, 2.75) is 40.0 Å². The first-order valence-electron chi connectivity index (χ1n) is 5.84. The van der Waals surface area contributed by atoms with Crippen LogP contribution in [-0.4, -0.2) is 13.6 Å². The lowest BCUT2D eigenvalue weighted by Gasteiger charge is -2.10. The normalized spacial score (nSPS) is 13.1. The number of nitrogens with one attached hydrogen (secondary N) is 1. The lowest BCUT2D eigenvalue weighted by atomic mass is 10.0. The summed E-state index contributed by atoms with van der Waals surface area (Å²) >= 11 is 1.96. The van der Waals surface area contributed by atoms with Crippen molar-refractivity contribution >= 4 is 11.3 Å². The van der Waals surface area contributed by atoms with Crippen molar-refractivity contribution in [1.29, 1.82) is 0 Å². The van der Waals surface area contributed by atoms with Gasteiger partial charge in [-0.05, 0) is 64.3 Å². The maximum Gasteiger partial charge on any atom is 0.00773 e. The highest BCUT2D eigenvalue weighted by atomic mass is 32.1. The second-order valence-corrected chi connectivity index (χ2v) is 5.84. The summed E-state index contributed by atoms with van der Waals surface area (Å²) in [5, 5.41) is 3.21. The molecule has 1 atom stereocenters. The molecular formula is C13H23NS. The molecule has 0 fully saturated rings. The molecule has 0 spiro atoms. The van der Waals surface area contributed by atoms with Crippen LogP contribution in [0.1, 0.15) is 35.1 Å². The van der Waals surface area contributed by atoms with Crippen LogP contribution in [0.25, 0.3) is 0 Å². The molecule has 0 bridgehead atoms. The summed E-state index contributed by atoms with van der Waals surface area (Å²) in [6.07, 6.45) is 3.87. The molecule has 1 N–H and O–H groups in total. The fraction of sp³-hybridized carbons (Fsp3) is 0.692. The van der Waals surface area contributed by atoms with E-state index < -0.39 is 0 Å². The number of hydrogen-bond acceptors (Lipinski definition) is 2. The van der Waals surface area contributed by atoms with Gasteiger partial charge in [-0.25, -0.2) is 0 Å². The van der Waals surface area contributed by atoms with E-state index >= 15 is 0 Å². The van der Waals surface area contributed by atoms with Crippen molar-refractivity contribution in [3.63, 3.8) is 0 Å². The quantitative estimate of drug-likeness (QED) is 0.781. The number of rotatable bonds is 6. The van der Waals surface area contributed by atoms with Crippen molar-refractivity contribution in [3.8, 4) is 0 Å². The summed E-state index contributed by atoms with van der Waals surface area (Å²) in [6, 6.07) is 2.30. The topological polar surface area (TPSA) is 12.0 Å². The highest BCUT2D eigenvalue weighted by Gasteiger charge is 2.06. The van der Waals surface area contributed by atoms with E-state index in [0.717, 1.165) is 12.5 Å². The van der Waals surface area contributed by atoms with Crippen LogP contribution in [0.4, 0.5) is 0 Å². The SMILES string of the molecule is CNCCC(C)CCc1sc(C)cc1C. The molecule has 0 radical (unpaired) electrons. The van der Waals surface area contributed by atoms with E-state index in [-0.39, 0.29) is 0 Å². The van der Waals surface area contributed by atoms with Crippen molar-refractivity contribution < 1.29 is 0 Å². The Kier molecular flexibility index (Phi) is 5.34. The molecule has 0 aromatic carbocycles. The molecule has 0 saturated carbocycles. The highest BCUT2D eigenvalue weighted by Crippen LogP contribution is 2.24. The Morgan fingerprint density at radius 2 is 2.07 bits per heavy atom. The monoisotopic (exact) mass is 225 g/mol. The molecule has 15 heavy (non-hydrogen) atoms. The van der Waals surface area contributed by atoms with Crippen LogP contribution in [0.15, 0.2) is 6.07 Å². The maximum atomic E-state index is 3.21. The molecule has 0 aliphatic carbocycles. The second kappa shape index (κ2) is 6.29. The fourth-order valence-corrected chi connectivity index (χ4v) is 2.91. The van der Waals surface area contributed by atoms with Crippen molar-refractivity contribution in [2.75, 3.05) is 13.6 Å². The predicted molar refractivity (Wildman–Crippen MR) is 69.8 cm³/mol. The van der Waals surface area contributed by atoms with Crippen LogP contribution in [0.3, 0.4) is 0 Å². The first kappa shape index (κ1) is 12.7.